The van der Waals surface area contributed by atoms with E-state index in [-0.39, 0.29) is 6.42 Å². The summed E-state index contributed by atoms with van der Waals surface area (Å²) in [6.45, 7) is 1.94. The molecule has 0 aliphatic rings. The molecule has 1 aromatic rings. The molecule has 0 fully saturated rings. The lowest BCUT2D eigenvalue weighted by molar-refractivity contribution is -0.137. The van der Waals surface area contributed by atoms with Gasteiger partial charge in [0.2, 0.25) is 0 Å². The molecule has 1 rings (SSSR count). The number of anilines is 1. The molecule has 0 spiro atoms. The number of hydrogen-bond donors (Lipinski definition) is 3. The number of carbonyl (C=O) groups excluding carboxylic acids is 1. The maximum absolute atomic E-state index is 12.0. The Morgan fingerprint density at radius 2 is 2.14 bits per heavy atom. The van der Waals surface area contributed by atoms with E-state index in [0.29, 0.717) is 22.3 Å². The van der Waals surface area contributed by atoms with Crippen molar-refractivity contribution >= 4 is 33.6 Å². The predicted molar refractivity (Wildman–Crippen MR) is 83.8 cm³/mol. The van der Waals surface area contributed by atoms with Gasteiger partial charge in [0, 0.05) is 16.6 Å². The van der Waals surface area contributed by atoms with Gasteiger partial charge in [-0.2, -0.15) is 0 Å². The zero-order valence-corrected chi connectivity index (χ0v) is 13.6. The zero-order valence-electron chi connectivity index (χ0n) is 12.0. The Bertz CT molecular complexity index is 508. The minimum absolute atomic E-state index is 0.0967. The quantitative estimate of drug-likeness (QED) is 0.698. The first-order valence-corrected chi connectivity index (χ1v) is 7.38. The highest BCUT2D eigenvalue weighted by Crippen LogP contribution is 2.27. The van der Waals surface area contributed by atoms with Crippen LogP contribution in [0.3, 0.4) is 0 Å². The number of carbonyl (C=O) groups is 2. The van der Waals surface area contributed by atoms with E-state index in [9.17, 15) is 9.59 Å². The Labute approximate surface area is 132 Å². The van der Waals surface area contributed by atoms with E-state index < -0.39 is 18.0 Å². The number of carboxylic acid groups (broad SMARTS) is 1. The molecule has 116 valence electrons. The summed E-state index contributed by atoms with van der Waals surface area (Å²) in [5, 5.41) is 14.2. The normalized spacial score (nSPS) is 11.6. The highest BCUT2D eigenvalue weighted by Gasteiger charge is 2.16. The van der Waals surface area contributed by atoms with Crippen LogP contribution in [-0.4, -0.2) is 30.3 Å². The fourth-order valence-electron chi connectivity index (χ4n) is 1.86. The monoisotopic (exact) mass is 358 g/mol. The largest absolute Gasteiger partial charge is 0.497 e. The number of hydrogen-bond acceptors (Lipinski definition) is 3. The van der Waals surface area contributed by atoms with E-state index in [0.717, 1.165) is 6.42 Å². The van der Waals surface area contributed by atoms with Crippen molar-refractivity contribution in [2.75, 3.05) is 12.4 Å². The van der Waals surface area contributed by atoms with Gasteiger partial charge >= 0.3 is 12.0 Å². The Morgan fingerprint density at radius 3 is 2.71 bits per heavy atom. The van der Waals surface area contributed by atoms with Crippen LogP contribution in [-0.2, 0) is 4.79 Å². The number of rotatable bonds is 7. The van der Waals surface area contributed by atoms with Gasteiger partial charge in [0.25, 0.3) is 0 Å². The summed E-state index contributed by atoms with van der Waals surface area (Å²) >= 11 is 3.33. The SMILES string of the molecule is CCCC(CC(=O)O)NC(=O)Nc1cc(OC)ccc1Br. The highest BCUT2D eigenvalue weighted by atomic mass is 79.9. The summed E-state index contributed by atoms with van der Waals surface area (Å²) in [5.74, 6) is -0.319. The summed E-state index contributed by atoms with van der Waals surface area (Å²) in [6.07, 6.45) is 1.31. The number of nitrogens with one attached hydrogen (secondary N) is 2. The summed E-state index contributed by atoms with van der Waals surface area (Å²) in [7, 11) is 1.54. The maximum Gasteiger partial charge on any atom is 0.319 e. The van der Waals surface area contributed by atoms with Crippen LogP contribution >= 0.6 is 15.9 Å². The number of methoxy groups -OCH3 is 1. The molecule has 0 aliphatic carbocycles. The number of carboxylic acids is 1. The molecule has 0 bridgehead atoms. The molecule has 2 amide bonds. The van der Waals surface area contributed by atoms with E-state index >= 15 is 0 Å². The van der Waals surface area contributed by atoms with Gasteiger partial charge in [0.15, 0.2) is 0 Å². The van der Waals surface area contributed by atoms with E-state index in [1.165, 1.54) is 7.11 Å². The van der Waals surface area contributed by atoms with Crippen LogP contribution in [0.4, 0.5) is 10.5 Å². The third kappa shape index (κ3) is 6.03. The molecule has 3 N–H and O–H groups in total. The Hall–Kier alpha value is -1.76. The van der Waals surface area contributed by atoms with Crippen molar-refractivity contribution in [2.24, 2.45) is 0 Å². The Balaban J connectivity index is 2.69. The van der Waals surface area contributed by atoms with Crippen molar-refractivity contribution in [2.45, 2.75) is 32.2 Å². The van der Waals surface area contributed by atoms with Gasteiger partial charge < -0.3 is 20.5 Å². The molecule has 21 heavy (non-hydrogen) atoms. The molecule has 1 unspecified atom stereocenters. The first-order valence-electron chi connectivity index (χ1n) is 6.59. The molecule has 6 nitrogen and oxygen atoms in total. The number of halogens is 1. The van der Waals surface area contributed by atoms with Crippen molar-refractivity contribution in [3.05, 3.63) is 22.7 Å². The zero-order chi connectivity index (χ0) is 15.8. The third-order valence-corrected chi connectivity index (χ3v) is 3.51. The average Bonchev–Trinajstić information content (AvgIpc) is 2.40. The summed E-state index contributed by atoms with van der Waals surface area (Å²) in [4.78, 5) is 22.7. The van der Waals surface area contributed by atoms with Gasteiger partial charge in [-0.15, -0.1) is 0 Å². The Kier molecular flexibility index (Phi) is 7.01. The molecule has 7 heteroatoms. The fraction of sp³-hybridized carbons (Fsp3) is 0.429. The van der Waals surface area contributed by atoms with E-state index in [1.54, 1.807) is 18.2 Å². The lowest BCUT2D eigenvalue weighted by Crippen LogP contribution is -2.39. The van der Waals surface area contributed by atoms with Crippen molar-refractivity contribution in [3.8, 4) is 5.75 Å². The molecule has 0 radical (unpaired) electrons. The predicted octanol–water partition coefficient (Wildman–Crippen LogP) is 3.22. The van der Waals surface area contributed by atoms with Crippen LogP contribution in [0.15, 0.2) is 22.7 Å². The summed E-state index contributed by atoms with van der Waals surface area (Å²) in [5.41, 5.74) is 0.553. The van der Waals surface area contributed by atoms with Gasteiger partial charge in [-0.1, -0.05) is 13.3 Å². The van der Waals surface area contributed by atoms with E-state index in [1.807, 2.05) is 6.92 Å². The molecule has 1 aromatic carbocycles. The van der Waals surface area contributed by atoms with Crippen LogP contribution in [0, 0.1) is 0 Å². The van der Waals surface area contributed by atoms with Gasteiger partial charge in [0.05, 0.1) is 19.2 Å². The van der Waals surface area contributed by atoms with E-state index in [4.69, 9.17) is 9.84 Å². The smallest absolute Gasteiger partial charge is 0.319 e. The van der Waals surface area contributed by atoms with Crippen molar-refractivity contribution in [3.63, 3.8) is 0 Å². The molecular weight excluding hydrogens is 340 g/mol. The van der Waals surface area contributed by atoms with Crippen LogP contribution < -0.4 is 15.4 Å². The molecule has 0 aliphatic heterocycles. The molecule has 0 aromatic heterocycles. The van der Waals surface area contributed by atoms with Crippen molar-refractivity contribution in [1.82, 2.24) is 5.32 Å². The summed E-state index contributed by atoms with van der Waals surface area (Å²) < 4.78 is 5.81. The summed E-state index contributed by atoms with van der Waals surface area (Å²) in [6, 6.07) is 4.36. The minimum Gasteiger partial charge on any atom is -0.497 e. The molecule has 0 saturated heterocycles. The number of aliphatic carboxylic acids is 1. The lowest BCUT2D eigenvalue weighted by atomic mass is 10.1. The van der Waals surface area contributed by atoms with E-state index in [2.05, 4.69) is 26.6 Å². The van der Waals surface area contributed by atoms with Crippen molar-refractivity contribution < 1.29 is 19.4 Å². The van der Waals surface area contributed by atoms with Gasteiger partial charge in [-0.05, 0) is 34.5 Å². The lowest BCUT2D eigenvalue weighted by Gasteiger charge is -2.17. The molecule has 0 heterocycles. The first kappa shape index (κ1) is 17.3. The second-order valence-electron chi connectivity index (χ2n) is 4.53. The third-order valence-electron chi connectivity index (χ3n) is 2.82. The van der Waals surface area contributed by atoms with Gasteiger partial charge in [0.1, 0.15) is 5.75 Å². The molecule has 1 atom stereocenters. The number of benzene rings is 1. The second-order valence-corrected chi connectivity index (χ2v) is 5.38. The van der Waals surface area contributed by atoms with Crippen molar-refractivity contribution in [1.29, 1.82) is 0 Å². The number of amides is 2. The van der Waals surface area contributed by atoms with Crippen LogP contribution in [0.2, 0.25) is 0 Å². The molecule has 0 saturated carbocycles. The molecular formula is C14H19BrN2O4. The van der Waals surface area contributed by atoms with Crippen LogP contribution in [0.5, 0.6) is 5.75 Å². The Morgan fingerprint density at radius 1 is 1.43 bits per heavy atom. The average molecular weight is 359 g/mol. The number of ether oxygens (including phenoxy) is 1. The van der Waals surface area contributed by atoms with Crippen LogP contribution in [0.25, 0.3) is 0 Å². The first-order chi connectivity index (χ1) is 9.96. The highest BCUT2D eigenvalue weighted by molar-refractivity contribution is 9.10. The topological polar surface area (TPSA) is 87.7 Å². The van der Waals surface area contributed by atoms with Crippen LogP contribution in [0.1, 0.15) is 26.2 Å². The second kappa shape index (κ2) is 8.51. The van der Waals surface area contributed by atoms with Gasteiger partial charge in [-0.25, -0.2) is 4.79 Å². The standard InChI is InChI=1S/C14H19BrN2O4/c1-3-4-9(7-13(18)19)16-14(20)17-12-8-10(21-2)5-6-11(12)15/h5-6,8-9H,3-4,7H2,1-2H3,(H,18,19)(H2,16,17,20). The minimum atomic E-state index is -0.934. The van der Waals surface area contributed by atoms with Gasteiger partial charge in [-0.3, -0.25) is 4.79 Å². The maximum atomic E-state index is 12.0. The fourth-order valence-corrected chi connectivity index (χ4v) is 2.20. The number of urea groups is 1.